The third-order valence-electron chi connectivity index (χ3n) is 14.9. The van der Waals surface area contributed by atoms with Gasteiger partial charge in [0.2, 0.25) is 5.91 Å². The monoisotopic (exact) mass is 1040 g/mol. The molecule has 0 aromatic heterocycles. The summed E-state index contributed by atoms with van der Waals surface area (Å²) in [4.78, 5) is 13.1. The number of aliphatic hydroxyl groups is 5. The first kappa shape index (κ1) is 69.9. The second-order valence-electron chi connectivity index (χ2n) is 21.8. The zero-order valence-corrected chi connectivity index (χ0v) is 48.1. The lowest BCUT2D eigenvalue weighted by atomic mass is 9.99. The van der Waals surface area contributed by atoms with Crippen molar-refractivity contribution in [3.05, 3.63) is 60.8 Å². The maximum Gasteiger partial charge on any atom is 0.220 e. The molecule has 6 N–H and O–H groups in total. The molecule has 9 heteroatoms. The molecule has 9 nitrogen and oxygen atoms in total. The minimum atomic E-state index is -1.55. The molecule has 1 aliphatic rings. The minimum absolute atomic E-state index is 0.136. The molecule has 1 aliphatic heterocycles. The number of ether oxygens (including phenoxy) is 2. The zero-order chi connectivity index (χ0) is 53.6. The lowest BCUT2D eigenvalue weighted by molar-refractivity contribution is -0.302. The summed E-state index contributed by atoms with van der Waals surface area (Å²) >= 11 is 0. The van der Waals surface area contributed by atoms with Crippen LogP contribution >= 0.6 is 0 Å². The summed E-state index contributed by atoms with van der Waals surface area (Å²) in [5.41, 5.74) is 0. The third-order valence-corrected chi connectivity index (χ3v) is 14.9. The van der Waals surface area contributed by atoms with Crippen LogP contribution in [0.2, 0.25) is 0 Å². The van der Waals surface area contributed by atoms with Gasteiger partial charge in [0, 0.05) is 6.42 Å². The summed E-state index contributed by atoms with van der Waals surface area (Å²) in [5.74, 6) is -0.141. The summed E-state index contributed by atoms with van der Waals surface area (Å²) in [6.07, 6.45) is 66.9. The van der Waals surface area contributed by atoms with Gasteiger partial charge in [-0.05, 0) is 57.8 Å². The Labute approximate surface area is 456 Å². The first-order valence-corrected chi connectivity index (χ1v) is 31.5. The van der Waals surface area contributed by atoms with Crippen molar-refractivity contribution in [2.24, 2.45) is 0 Å². The highest BCUT2D eigenvalue weighted by Gasteiger charge is 2.44. The maximum atomic E-state index is 13.1. The second kappa shape index (κ2) is 54.3. The average Bonchev–Trinajstić information content (AvgIpc) is 3.40. The lowest BCUT2D eigenvalue weighted by Crippen LogP contribution is -2.60. The number of aliphatic hydroxyl groups excluding tert-OH is 5. The van der Waals surface area contributed by atoms with E-state index < -0.39 is 49.5 Å². The van der Waals surface area contributed by atoms with E-state index in [0.29, 0.717) is 12.8 Å². The number of nitrogens with one attached hydrogen (secondary N) is 1. The molecule has 0 radical (unpaired) electrons. The van der Waals surface area contributed by atoms with Crippen molar-refractivity contribution in [1.29, 1.82) is 0 Å². The first-order chi connectivity index (χ1) is 36.3. The van der Waals surface area contributed by atoms with E-state index in [-0.39, 0.29) is 12.5 Å². The fourth-order valence-corrected chi connectivity index (χ4v) is 9.96. The minimum Gasteiger partial charge on any atom is -0.394 e. The van der Waals surface area contributed by atoms with Crippen LogP contribution in [0.15, 0.2) is 60.8 Å². The second-order valence-corrected chi connectivity index (χ2v) is 21.8. The molecule has 7 atom stereocenters. The van der Waals surface area contributed by atoms with Gasteiger partial charge in [-0.3, -0.25) is 4.79 Å². The van der Waals surface area contributed by atoms with Gasteiger partial charge in [0.1, 0.15) is 24.4 Å². The van der Waals surface area contributed by atoms with Crippen molar-refractivity contribution in [3.8, 4) is 0 Å². The Balaban J connectivity index is 2.12. The van der Waals surface area contributed by atoms with Gasteiger partial charge in [-0.1, -0.05) is 286 Å². The molecular weight excluding hydrogens is 923 g/mol. The van der Waals surface area contributed by atoms with Gasteiger partial charge in [-0.2, -0.15) is 0 Å². The van der Waals surface area contributed by atoms with E-state index in [2.05, 4.69) is 79.9 Å². The number of hydrogen-bond donors (Lipinski definition) is 6. The van der Waals surface area contributed by atoms with Crippen LogP contribution in [0.4, 0.5) is 0 Å². The van der Waals surface area contributed by atoms with E-state index in [1.165, 1.54) is 193 Å². The molecule has 0 aliphatic carbocycles. The van der Waals surface area contributed by atoms with Gasteiger partial charge in [0.15, 0.2) is 6.29 Å². The van der Waals surface area contributed by atoms with Crippen LogP contribution < -0.4 is 5.32 Å². The van der Waals surface area contributed by atoms with Crippen LogP contribution in [0, 0.1) is 0 Å². The maximum absolute atomic E-state index is 13.1. The van der Waals surface area contributed by atoms with Crippen LogP contribution in [-0.4, -0.2) is 87.5 Å². The lowest BCUT2D eigenvalue weighted by Gasteiger charge is -2.40. The standard InChI is InChI=1S/C65H119NO8/c1-3-5-7-9-11-13-15-17-19-21-23-24-25-26-27-28-29-30-31-32-33-34-35-36-37-39-41-43-45-47-49-51-53-55-61(69)66-58(57-73-65-64(72)63(71)62(70)60(56-67)74-65)59(68)54-52-50-48-46-44-42-40-38-22-20-18-16-14-12-10-8-6-4-2/h5,7,11,13,17,19,23-24,26-27,58-60,62-65,67-68,70-72H,3-4,6,8-10,12,14-16,18,20-22,25,28-57H2,1-2H3,(H,66,69)/b7-5-,13-11-,19-17-,24-23-,27-26-. The van der Waals surface area contributed by atoms with E-state index in [1.807, 2.05) is 0 Å². The van der Waals surface area contributed by atoms with Gasteiger partial charge in [0.05, 0.1) is 25.4 Å². The Morgan fingerprint density at radius 1 is 0.473 bits per heavy atom. The highest BCUT2D eigenvalue weighted by molar-refractivity contribution is 5.76. The molecule has 7 unspecified atom stereocenters. The van der Waals surface area contributed by atoms with E-state index in [9.17, 15) is 30.3 Å². The Kier molecular flexibility index (Phi) is 51.3. The molecule has 1 amide bonds. The molecule has 432 valence electrons. The topological polar surface area (TPSA) is 149 Å². The normalized spacial score (nSPS) is 19.4. The molecule has 0 aromatic rings. The van der Waals surface area contributed by atoms with Gasteiger partial charge in [-0.15, -0.1) is 0 Å². The predicted molar refractivity (Wildman–Crippen MR) is 313 cm³/mol. The molecule has 1 saturated heterocycles. The highest BCUT2D eigenvalue weighted by atomic mass is 16.7. The fraction of sp³-hybridized carbons (Fsp3) is 0.831. The van der Waals surface area contributed by atoms with Gasteiger partial charge in [-0.25, -0.2) is 0 Å². The van der Waals surface area contributed by atoms with Gasteiger partial charge >= 0.3 is 0 Å². The number of unbranched alkanes of at least 4 members (excludes halogenated alkanes) is 34. The zero-order valence-electron chi connectivity index (χ0n) is 48.1. The van der Waals surface area contributed by atoms with Gasteiger partial charge in [0.25, 0.3) is 0 Å². The first-order valence-electron chi connectivity index (χ1n) is 31.5. The largest absolute Gasteiger partial charge is 0.394 e. The molecule has 74 heavy (non-hydrogen) atoms. The average molecular weight is 1040 g/mol. The van der Waals surface area contributed by atoms with E-state index in [1.54, 1.807) is 0 Å². The van der Waals surface area contributed by atoms with E-state index in [0.717, 1.165) is 70.6 Å². The molecule has 0 bridgehead atoms. The Hall–Kier alpha value is -2.11. The van der Waals surface area contributed by atoms with Crippen LogP contribution in [0.1, 0.15) is 290 Å². The van der Waals surface area contributed by atoms with Crippen LogP contribution in [0.25, 0.3) is 0 Å². The van der Waals surface area contributed by atoms with Crippen molar-refractivity contribution >= 4 is 5.91 Å². The van der Waals surface area contributed by atoms with Crippen LogP contribution in [0.3, 0.4) is 0 Å². The Bertz CT molecular complexity index is 1350. The highest BCUT2D eigenvalue weighted by Crippen LogP contribution is 2.23. The quantitative estimate of drug-likeness (QED) is 0.0261. The van der Waals surface area contributed by atoms with Gasteiger partial charge < -0.3 is 40.3 Å². The number of carbonyl (C=O) groups is 1. The number of rotatable bonds is 54. The number of hydrogen-bond acceptors (Lipinski definition) is 8. The smallest absolute Gasteiger partial charge is 0.220 e. The molecule has 0 saturated carbocycles. The number of allylic oxidation sites excluding steroid dienone is 10. The van der Waals surface area contributed by atoms with Crippen LogP contribution in [0.5, 0.6) is 0 Å². The summed E-state index contributed by atoms with van der Waals surface area (Å²) < 4.78 is 11.3. The molecule has 1 rings (SSSR count). The van der Waals surface area contributed by atoms with Crippen molar-refractivity contribution in [2.75, 3.05) is 13.2 Å². The summed E-state index contributed by atoms with van der Waals surface area (Å²) in [7, 11) is 0. The van der Waals surface area contributed by atoms with E-state index >= 15 is 0 Å². The van der Waals surface area contributed by atoms with Crippen molar-refractivity contribution in [1.82, 2.24) is 5.32 Å². The SMILES string of the molecule is CC/C=C\C/C=C\C/C=C\C/C=C\C/C=C\CCCCCCCCCCCCCCCCCCCC(=O)NC(COC1OC(CO)C(O)C(O)C1O)C(O)CCCCCCCCCCCCCCCCCCCC. The fourth-order valence-electron chi connectivity index (χ4n) is 9.96. The molecule has 0 spiro atoms. The molecule has 1 fully saturated rings. The number of amides is 1. The summed E-state index contributed by atoms with van der Waals surface area (Å²) in [6.45, 7) is 3.75. The third kappa shape index (κ3) is 42.9. The van der Waals surface area contributed by atoms with Crippen molar-refractivity contribution < 1.29 is 39.8 Å². The van der Waals surface area contributed by atoms with Crippen molar-refractivity contribution in [2.45, 2.75) is 333 Å². The molecular formula is C65H119NO8. The van der Waals surface area contributed by atoms with Crippen molar-refractivity contribution in [3.63, 3.8) is 0 Å². The Morgan fingerprint density at radius 3 is 1.24 bits per heavy atom. The van der Waals surface area contributed by atoms with Crippen LogP contribution in [-0.2, 0) is 14.3 Å². The predicted octanol–water partition coefficient (Wildman–Crippen LogP) is 16.2. The molecule has 1 heterocycles. The number of carbonyl (C=O) groups excluding carboxylic acids is 1. The van der Waals surface area contributed by atoms with E-state index in [4.69, 9.17) is 9.47 Å². The Morgan fingerprint density at radius 2 is 0.838 bits per heavy atom. The molecule has 0 aromatic carbocycles. The summed E-state index contributed by atoms with van der Waals surface area (Å²) in [6, 6.07) is -0.720. The summed E-state index contributed by atoms with van der Waals surface area (Å²) in [5, 5.41) is 54.8.